The maximum atomic E-state index is 13.4. The fraction of sp³-hybridized carbons (Fsp3) is 0.571. The van der Waals surface area contributed by atoms with Gasteiger partial charge in [0.2, 0.25) is 29.5 Å². The summed E-state index contributed by atoms with van der Waals surface area (Å²) in [6, 6.07) is 4.24. The summed E-state index contributed by atoms with van der Waals surface area (Å²) in [6.07, 6.45) is 3.01. The van der Waals surface area contributed by atoms with Crippen molar-refractivity contribution in [1.29, 1.82) is 0 Å². The van der Waals surface area contributed by atoms with Gasteiger partial charge in [-0.3, -0.25) is 24.0 Å². The normalized spacial score (nSPS) is 20.4. The van der Waals surface area contributed by atoms with E-state index < -0.39 is 59.8 Å². The molecule has 2 aliphatic rings. The number of aliphatic carboxylic acids is 1. The summed E-state index contributed by atoms with van der Waals surface area (Å²) in [5.74, 6) is -3.53. The lowest BCUT2D eigenvalue weighted by molar-refractivity contribution is -0.149. The molecule has 13 heteroatoms. The highest BCUT2D eigenvalue weighted by Gasteiger charge is 2.37. The second-order valence-corrected chi connectivity index (χ2v) is 10.5. The molecule has 2 heterocycles. The Morgan fingerprint density at radius 2 is 1.73 bits per heavy atom. The number of likely N-dealkylation sites (tertiary alicyclic amines) is 1. The van der Waals surface area contributed by atoms with Gasteiger partial charge in [0, 0.05) is 19.4 Å². The summed E-state index contributed by atoms with van der Waals surface area (Å²) in [5, 5.41) is 20.1. The summed E-state index contributed by atoms with van der Waals surface area (Å²) in [5.41, 5.74) is 6.36. The van der Waals surface area contributed by atoms with E-state index in [9.17, 15) is 33.9 Å². The predicted molar refractivity (Wildman–Crippen MR) is 148 cm³/mol. The molecule has 7 N–H and O–H groups in total. The van der Waals surface area contributed by atoms with E-state index in [-0.39, 0.29) is 31.7 Å². The van der Waals surface area contributed by atoms with Gasteiger partial charge in [-0.15, -0.1) is 0 Å². The molecule has 2 fully saturated rings. The van der Waals surface area contributed by atoms with Gasteiger partial charge in [-0.2, -0.15) is 0 Å². The minimum absolute atomic E-state index is 0.114. The van der Waals surface area contributed by atoms with E-state index in [0.717, 1.165) is 5.56 Å². The van der Waals surface area contributed by atoms with Gasteiger partial charge in [-0.05, 0) is 57.6 Å². The molecule has 1 aromatic rings. The van der Waals surface area contributed by atoms with Gasteiger partial charge in [-0.1, -0.05) is 30.3 Å². The highest BCUT2D eigenvalue weighted by atomic mass is 16.4. The van der Waals surface area contributed by atoms with Crippen molar-refractivity contribution in [2.75, 3.05) is 13.1 Å². The van der Waals surface area contributed by atoms with Crippen LogP contribution in [-0.4, -0.2) is 88.8 Å². The van der Waals surface area contributed by atoms with E-state index in [4.69, 9.17) is 5.73 Å². The molecule has 0 aliphatic carbocycles. The fourth-order valence-electron chi connectivity index (χ4n) is 5.09. The SMILES string of the molecule is CC(NC(=O)C(Cc1ccccc1)NC(=O)C(CCCCN)NC(=O)C1CCC(=O)N1)C(=O)N1CCCC1C(=O)O. The Labute approximate surface area is 239 Å². The smallest absolute Gasteiger partial charge is 0.326 e. The van der Waals surface area contributed by atoms with Gasteiger partial charge in [0.25, 0.3) is 0 Å². The van der Waals surface area contributed by atoms with Crippen LogP contribution in [0.4, 0.5) is 0 Å². The molecule has 5 amide bonds. The van der Waals surface area contributed by atoms with Crippen molar-refractivity contribution < 1.29 is 33.9 Å². The number of hydrogen-bond donors (Lipinski definition) is 6. The Bertz CT molecular complexity index is 1110. The number of rotatable bonds is 14. The molecule has 1 aromatic carbocycles. The number of hydrogen-bond acceptors (Lipinski definition) is 7. The molecular weight excluding hydrogens is 532 g/mol. The Balaban J connectivity index is 1.73. The number of benzene rings is 1. The van der Waals surface area contributed by atoms with Crippen LogP contribution in [0.1, 0.15) is 57.4 Å². The van der Waals surface area contributed by atoms with E-state index in [2.05, 4.69) is 21.3 Å². The number of carboxylic acids is 1. The summed E-state index contributed by atoms with van der Waals surface area (Å²) in [7, 11) is 0. The van der Waals surface area contributed by atoms with Gasteiger partial charge >= 0.3 is 5.97 Å². The van der Waals surface area contributed by atoms with Crippen LogP contribution in [0.3, 0.4) is 0 Å². The van der Waals surface area contributed by atoms with Gasteiger partial charge in [-0.25, -0.2) is 4.79 Å². The number of nitrogens with two attached hydrogens (primary N) is 1. The zero-order chi connectivity index (χ0) is 29.9. The quantitative estimate of drug-likeness (QED) is 0.155. The van der Waals surface area contributed by atoms with Crippen molar-refractivity contribution in [3.05, 3.63) is 35.9 Å². The van der Waals surface area contributed by atoms with Crippen LogP contribution in [0.2, 0.25) is 0 Å². The van der Waals surface area contributed by atoms with Crippen molar-refractivity contribution in [1.82, 2.24) is 26.2 Å². The first kappa shape index (κ1) is 31.5. The minimum atomic E-state index is -1.09. The summed E-state index contributed by atoms with van der Waals surface area (Å²) in [6.45, 7) is 2.17. The Hall–Kier alpha value is -4.00. The number of unbranched alkanes of at least 4 members (excludes halogenated alkanes) is 1. The monoisotopic (exact) mass is 572 g/mol. The van der Waals surface area contributed by atoms with E-state index in [1.807, 2.05) is 6.07 Å². The standard InChI is InChI=1S/C28H40N6O7/c1-17(27(39)34-15-7-11-22(34)28(40)41)30-26(38)21(16-18-8-3-2-4-9-18)33-24(36)19(10-5-6-14-29)32-25(37)20-12-13-23(35)31-20/h2-4,8-9,17,19-22H,5-7,10-16,29H2,1H3,(H,30,38)(H,31,35)(H,32,37)(H,33,36)(H,40,41). The average molecular weight is 573 g/mol. The van der Waals surface area contributed by atoms with Crippen LogP contribution in [-0.2, 0) is 35.2 Å². The lowest BCUT2D eigenvalue weighted by Crippen LogP contribution is -2.58. The maximum absolute atomic E-state index is 13.4. The molecule has 5 atom stereocenters. The number of nitrogens with one attached hydrogen (secondary N) is 4. The summed E-state index contributed by atoms with van der Waals surface area (Å²) >= 11 is 0. The zero-order valence-corrected chi connectivity index (χ0v) is 23.3. The van der Waals surface area contributed by atoms with Crippen LogP contribution in [0, 0.1) is 0 Å². The largest absolute Gasteiger partial charge is 0.480 e. The first-order chi connectivity index (χ1) is 19.6. The van der Waals surface area contributed by atoms with Gasteiger partial charge in [0.05, 0.1) is 0 Å². The van der Waals surface area contributed by atoms with E-state index >= 15 is 0 Å². The van der Waals surface area contributed by atoms with Crippen LogP contribution in [0.5, 0.6) is 0 Å². The van der Waals surface area contributed by atoms with Crippen LogP contribution >= 0.6 is 0 Å². The van der Waals surface area contributed by atoms with E-state index in [1.54, 1.807) is 24.3 Å². The molecule has 13 nitrogen and oxygen atoms in total. The van der Waals surface area contributed by atoms with Crippen LogP contribution in [0.15, 0.2) is 30.3 Å². The van der Waals surface area contributed by atoms with Gasteiger partial charge in [0.15, 0.2) is 0 Å². The van der Waals surface area contributed by atoms with Gasteiger partial charge in [0.1, 0.15) is 30.2 Å². The molecule has 0 saturated carbocycles. The molecule has 2 aliphatic heterocycles. The van der Waals surface area contributed by atoms with E-state index in [1.165, 1.54) is 11.8 Å². The molecular formula is C28H40N6O7. The molecule has 0 radical (unpaired) electrons. The topological polar surface area (TPSA) is 200 Å². The maximum Gasteiger partial charge on any atom is 0.326 e. The van der Waals surface area contributed by atoms with Crippen molar-refractivity contribution in [2.24, 2.45) is 5.73 Å². The average Bonchev–Trinajstić information content (AvgIpc) is 3.62. The van der Waals surface area contributed by atoms with Crippen LogP contribution in [0.25, 0.3) is 0 Å². The fourth-order valence-corrected chi connectivity index (χ4v) is 5.09. The second kappa shape index (κ2) is 15.1. The second-order valence-electron chi connectivity index (χ2n) is 10.5. The lowest BCUT2D eigenvalue weighted by atomic mass is 10.0. The molecule has 3 rings (SSSR count). The summed E-state index contributed by atoms with van der Waals surface area (Å²) < 4.78 is 0. The first-order valence-electron chi connectivity index (χ1n) is 14.1. The number of nitrogens with zero attached hydrogens (tertiary/aromatic N) is 1. The zero-order valence-electron chi connectivity index (χ0n) is 23.3. The Morgan fingerprint density at radius 3 is 2.37 bits per heavy atom. The molecule has 0 spiro atoms. The summed E-state index contributed by atoms with van der Waals surface area (Å²) in [4.78, 5) is 77.0. The number of carbonyl (C=O) groups is 6. The third kappa shape index (κ3) is 9.00. The third-order valence-electron chi connectivity index (χ3n) is 7.36. The lowest BCUT2D eigenvalue weighted by Gasteiger charge is -2.28. The van der Waals surface area contributed by atoms with Gasteiger partial charge < -0.3 is 37.0 Å². The first-order valence-corrected chi connectivity index (χ1v) is 14.1. The Kier molecular flexibility index (Phi) is 11.6. The van der Waals surface area contributed by atoms with Crippen molar-refractivity contribution in [3.8, 4) is 0 Å². The van der Waals surface area contributed by atoms with Crippen molar-refractivity contribution >= 4 is 35.5 Å². The van der Waals surface area contributed by atoms with Crippen LogP contribution < -0.4 is 27.0 Å². The molecule has 41 heavy (non-hydrogen) atoms. The highest BCUT2D eigenvalue weighted by molar-refractivity contribution is 5.96. The molecule has 2 saturated heterocycles. The number of carboxylic acid groups (broad SMARTS) is 1. The van der Waals surface area contributed by atoms with E-state index in [0.29, 0.717) is 38.6 Å². The molecule has 0 aromatic heterocycles. The number of carbonyl (C=O) groups excluding carboxylic acids is 5. The van der Waals surface area contributed by atoms with Crippen molar-refractivity contribution in [2.45, 2.75) is 88.5 Å². The Morgan fingerprint density at radius 1 is 1.02 bits per heavy atom. The minimum Gasteiger partial charge on any atom is -0.480 e. The molecule has 0 bridgehead atoms. The highest BCUT2D eigenvalue weighted by Crippen LogP contribution is 2.18. The molecule has 5 unspecified atom stereocenters. The predicted octanol–water partition coefficient (Wildman–Crippen LogP) is -0.813. The number of amides is 5. The van der Waals surface area contributed by atoms with Crippen molar-refractivity contribution in [3.63, 3.8) is 0 Å². The molecule has 224 valence electrons. The third-order valence-corrected chi connectivity index (χ3v) is 7.36.